The molecule has 3 rings (SSSR count). The predicted molar refractivity (Wildman–Crippen MR) is 105 cm³/mol. The summed E-state index contributed by atoms with van der Waals surface area (Å²) in [6, 6.07) is 3.95. The molecule has 0 aromatic carbocycles. The normalized spacial score (nSPS) is 21.5. The molecule has 0 bridgehead atoms. The van der Waals surface area contributed by atoms with Crippen molar-refractivity contribution in [1.82, 2.24) is 14.3 Å². The molecule has 1 aliphatic rings. The number of fused-ring (bicyclic) bond motifs is 1. The molecule has 2 heterocycles. The van der Waals surface area contributed by atoms with E-state index in [1.165, 1.54) is 4.57 Å². The summed E-state index contributed by atoms with van der Waals surface area (Å²) in [5, 5.41) is 3.40. The molecule has 0 amide bonds. The summed E-state index contributed by atoms with van der Waals surface area (Å²) in [5.74, 6) is 0.615. The van der Waals surface area contributed by atoms with E-state index in [0.717, 1.165) is 25.7 Å². The van der Waals surface area contributed by atoms with Gasteiger partial charge in [0, 0.05) is 19.6 Å². The van der Waals surface area contributed by atoms with Crippen LogP contribution in [0.2, 0.25) is 0 Å². The molecule has 27 heavy (non-hydrogen) atoms. The van der Waals surface area contributed by atoms with E-state index in [9.17, 15) is 13.2 Å². The molecule has 2 N–H and O–H groups in total. The van der Waals surface area contributed by atoms with Crippen LogP contribution in [0.3, 0.4) is 0 Å². The molecule has 0 spiro atoms. The van der Waals surface area contributed by atoms with E-state index < -0.39 is 20.5 Å². The lowest BCUT2D eigenvalue weighted by Gasteiger charge is -2.30. The van der Waals surface area contributed by atoms with Crippen LogP contribution in [-0.2, 0) is 17.1 Å². The van der Waals surface area contributed by atoms with E-state index in [-0.39, 0.29) is 6.04 Å². The maximum absolute atomic E-state index is 12.2. The summed E-state index contributed by atoms with van der Waals surface area (Å²) >= 11 is 0. The first-order valence-corrected chi connectivity index (χ1v) is 10.8. The van der Waals surface area contributed by atoms with Crippen LogP contribution in [-0.4, -0.2) is 35.3 Å². The Kier molecular flexibility index (Phi) is 5.36. The Labute approximate surface area is 159 Å². The first-order chi connectivity index (χ1) is 12.6. The van der Waals surface area contributed by atoms with Crippen LogP contribution < -0.4 is 15.8 Å². The number of sulfonamides is 1. The maximum Gasteiger partial charge on any atom is 0.421 e. The van der Waals surface area contributed by atoms with Crippen LogP contribution in [0.25, 0.3) is 11.2 Å². The quantitative estimate of drug-likeness (QED) is 0.803. The molecule has 0 saturated heterocycles. The number of aromatic nitrogens is 2. The number of oxazole rings is 1. The zero-order valence-electron chi connectivity index (χ0n) is 16.3. The predicted octanol–water partition coefficient (Wildman–Crippen LogP) is 2.22. The van der Waals surface area contributed by atoms with Crippen LogP contribution in [0.4, 0.5) is 5.82 Å². The zero-order valence-corrected chi connectivity index (χ0v) is 17.1. The monoisotopic (exact) mass is 396 g/mol. The summed E-state index contributed by atoms with van der Waals surface area (Å²) < 4.78 is 32.9. The highest BCUT2D eigenvalue weighted by atomic mass is 32.2. The van der Waals surface area contributed by atoms with Gasteiger partial charge < -0.3 is 9.73 Å². The molecule has 9 heteroatoms. The smallest absolute Gasteiger partial charge is 0.388 e. The van der Waals surface area contributed by atoms with Crippen LogP contribution in [0.1, 0.15) is 46.5 Å². The molecule has 1 saturated carbocycles. The van der Waals surface area contributed by atoms with E-state index in [4.69, 9.17) is 4.42 Å². The van der Waals surface area contributed by atoms with Gasteiger partial charge >= 0.3 is 5.76 Å². The van der Waals surface area contributed by atoms with Crippen molar-refractivity contribution in [2.45, 2.75) is 57.2 Å². The Morgan fingerprint density at radius 2 is 1.89 bits per heavy atom. The van der Waals surface area contributed by atoms with Crippen molar-refractivity contribution < 1.29 is 12.8 Å². The van der Waals surface area contributed by atoms with Crippen molar-refractivity contribution in [3.8, 4) is 0 Å². The number of anilines is 1. The molecule has 1 fully saturated rings. The molecule has 0 unspecified atom stereocenters. The summed E-state index contributed by atoms with van der Waals surface area (Å²) in [6.07, 6.45) is 3.79. The highest BCUT2D eigenvalue weighted by molar-refractivity contribution is 7.90. The van der Waals surface area contributed by atoms with Crippen molar-refractivity contribution in [3.63, 3.8) is 0 Å². The van der Waals surface area contributed by atoms with Gasteiger partial charge in [0.1, 0.15) is 11.3 Å². The average molecular weight is 397 g/mol. The van der Waals surface area contributed by atoms with Gasteiger partial charge in [0.2, 0.25) is 10.0 Å². The van der Waals surface area contributed by atoms with Gasteiger partial charge in [-0.3, -0.25) is 4.57 Å². The Bertz CT molecular complexity index is 963. The van der Waals surface area contributed by atoms with Crippen molar-refractivity contribution in [1.29, 1.82) is 0 Å². The molecule has 1 aliphatic carbocycles. The van der Waals surface area contributed by atoms with Gasteiger partial charge in [-0.25, -0.2) is 17.9 Å². The summed E-state index contributed by atoms with van der Waals surface area (Å²) in [7, 11) is -1.64. The van der Waals surface area contributed by atoms with Crippen LogP contribution >= 0.6 is 0 Å². The summed E-state index contributed by atoms with van der Waals surface area (Å²) in [4.78, 5) is 15.9. The zero-order chi connectivity index (χ0) is 19.8. The lowest BCUT2D eigenvalue weighted by molar-refractivity contribution is 0.336. The Morgan fingerprint density at radius 3 is 2.52 bits per heavy atom. The molecule has 150 valence electrons. The second-order valence-electron chi connectivity index (χ2n) is 8.27. The van der Waals surface area contributed by atoms with E-state index >= 15 is 0 Å². The first kappa shape index (κ1) is 19.9. The first-order valence-electron chi connectivity index (χ1n) is 9.29. The fraction of sp³-hybridized carbons (Fsp3) is 0.667. The maximum atomic E-state index is 12.2. The van der Waals surface area contributed by atoms with Gasteiger partial charge in [-0.05, 0) is 64.5 Å². The number of rotatable bonds is 5. The van der Waals surface area contributed by atoms with Gasteiger partial charge in [0.25, 0.3) is 5.71 Å². The Morgan fingerprint density at radius 1 is 1.22 bits per heavy atom. The molecular weight excluding hydrogens is 368 g/mol. The van der Waals surface area contributed by atoms with Crippen molar-refractivity contribution >= 4 is 27.1 Å². The topological polar surface area (TPSA) is 106 Å². The minimum absolute atomic E-state index is 0.279. The second kappa shape index (κ2) is 7.27. The number of hydrogen-bond donors (Lipinski definition) is 2. The molecule has 8 nitrogen and oxygen atoms in total. The Balaban J connectivity index is 1.53. The number of nitrogens with one attached hydrogen (secondary N) is 2. The summed E-state index contributed by atoms with van der Waals surface area (Å²) in [5.41, 5.74) is 0.998. The second-order valence-corrected chi connectivity index (χ2v) is 10.8. The number of pyridine rings is 1. The van der Waals surface area contributed by atoms with Crippen molar-refractivity contribution in [2.24, 2.45) is 13.0 Å². The standard InChI is InChI=1S/C18H28N4O4S/c1-18(2,3)27(24,25)19-11-12-5-7-13(8-6-12)20-15-10-9-14-16(21-15)26-17(23)22(14)4/h9-10,12-13,19H,5-8,11H2,1-4H3,(H,20,21)/t12-,13-. The lowest BCUT2D eigenvalue weighted by atomic mass is 9.86. The van der Waals surface area contributed by atoms with E-state index in [1.54, 1.807) is 27.8 Å². The lowest BCUT2D eigenvalue weighted by Crippen LogP contribution is -2.42. The average Bonchev–Trinajstić information content (AvgIpc) is 2.87. The van der Waals surface area contributed by atoms with Crippen molar-refractivity contribution in [2.75, 3.05) is 11.9 Å². The molecule has 2 aromatic heterocycles. The van der Waals surface area contributed by atoms with Gasteiger partial charge in [0.15, 0.2) is 0 Å². The van der Waals surface area contributed by atoms with E-state index in [1.807, 2.05) is 12.1 Å². The van der Waals surface area contributed by atoms with Crippen LogP contribution in [0.5, 0.6) is 0 Å². The Hall–Kier alpha value is -1.87. The molecule has 2 aromatic rings. The molecular formula is C18H28N4O4S. The molecule has 0 aliphatic heterocycles. The number of nitrogens with zero attached hydrogens (tertiary/aromatic N) is 2. The number of hydrogen-bond acceptors (Lipinski definition) is 6. The van der Waals surface area contributed by atoms with E-state index in [2.05, 4.69) is 15.0 Å². The highest BCUT2D eigenvalue weighted by Gasteiger charge is 2.30. The summed E-state index contributed by atoms with van der Waals surface area (Å²) in [6.45, 7) is 5.60. The van der Waals surface area contributed by atoms with Crippen molar-refractivity contribution in [3.05, 3.63) is 22.7 Å². The van der Waals surface area contributed by atoms with E-state index in [0.29, 0.717) is 29.5 Å². The number of aryl methyl sites for hydroxylation is 1. The SMILES string of the molecule is Cn1c(=O)oc2nc(N[C@H]3CC[C@H](CNS(=O)(=O)C(C)(C)C)CC3)ccc21. The third-order valence-corrected chi connectivity index (χ3v) is 7.39. The van der Waals surface area contributed by atoms with Crippen LogP contribution in [0.15, 0.2) is 21.3 Å². The largest absolute Gasteiger partial charge is 0.421 e. The van der Waals surface area contributed by atoms with Gasteiger partial charge in [-0.2, -0.15) is 4.98 Å². The molecule has 0 radical (unpaired) electrons. The van der Waals surface area contributed by atoms with Gasteiger partial charge in [-0.1, -0.05) is 0 Å². The van der Waals surface area contributed by atoms with Crippen LogP contribution in [0, 0.1) is 5.92 Å². The fourth-order valence-corrected chi connectivity index (χ4v) is 4.15. The molecule has 0 atom stereocenters. The van der Waals surface area contributed by atoms with Gasteiger partial charge in [0.05, 0.1) is 4.75 Å². The fourth-order valence-electron chi connectivity index (χ4n) is 3.26. The van der Waals surface area contributed by atoms with Gasteiger partial charge in [-0.15, -0.1) is 0 Å². The highest BCUT2D eigenvalue weighted by Crippen LogP contribution is 2.27. The third-order valence-electron chi connectivity index (χ3n) is 5.23. The minimum atomic E-state index is -3.30. The third kappa shape index (κ3) is 4.35. The minimum Gasteiger partial charge on any atom is -0.388 e.